The van der Waals surface area contributed by atoms with Crippen LogP contribution < -0.4 is 5.73 Å². The van der Waals surface area contributed by atoms with Gasteiger partial charge in [-0.2, -0.15) is 0 Å². The Morgan fingerprint density at radius 1 is 1.00 bits per heavy atom. The minimum absolute atomic E-state index is 0.0615. The molecule has 1 aliphatic heterocycles. The molecule has 7 nitrogen and oxygen atoms in total. The van der Waals surface area contributed by atoms with Crippen LogP contribution in [0, 0.1) is 0 Å². The van der Waals surface area contributed by atoms with Gasteiger partial charge in [0.2, 0.25) is 5.91 Å². The molecule has 1 atom stereocenters. The third kappa shape index (κ3) is 6.57. The number of thioether (sulfide) groups is 1. The molecule has 0 spiro atoms. The highest BCUT2D eigenvalue weighted by Crippen LogP contribution is 2.23. The van der Waals surface area contributed by atoms with Gasteiger partial charge in [0.05, 0.1) is 11.3 Å². The SMILES string of the molecule is CC(OC(=O)c1ccccc1SCC(N)=O)C(=O)N1CCN(Cc2ccccc2)CC1. The molecule has 8 heteroatoms. The van der Waals surface area contributed by atoms with Crippen molar-refractivity contribution in [1.29, 1.82) is 0 Å². The van der Waals surface area contributed by atoms with Crippen LogP contribution in [0.4, 0.5) is 0 Å². The Hall–Kier alpha value is -2.84. The van der Waals surface area contributed by atoms with E-state index >= 15 is 0 Å². The number of ether oxygens (including phenoxy) is 1. The first-order chi connectivity index (χ1) is 14.9. The lowest BCUT2D eigenvalue weighted by Gasteiger charge is -2.35. The van der Waals surface area contributed by atoms with Crippen LogP contribution in [0.15, 0.2) is 59.5 Å². The van der Waals surface area contributed by atoms with E-state index in [9.17, 15) is 14.4 Å². The number of esters is 1. The maximum Gasteiger partial charge on any atom is 0.340 e. The van der Waals surface area contributed by atoms with Gasteiger partial charge in [0.1, 0.15) is 0 Å². The van der Waals surface area contributed by atoms with Crippen LogP contribution in [0.3, 0.4) is 0 Å². The number of nitrogens with two attached hydrogens (primary N) is 1. The average molecular weight is 442 g/mol. The number of rotatable bonds is 8. The van der Waals surface area contributed by atoms with Crippen molar-refractivity contribution in [2.45, 2.75) is 24.5 Å². The van der Waals surface area contributed by atoms with Gasteiger partial charge in [0, 0.05) is 37.6 Å². The summed E-state index contributed by atoms with van der Waals surface area (Å²) in [5, 5.41) is 0. The summed E-state index contributed by atoms with van der Waals surface area (Å²) < 4.78 is 5.45. The number of carbonyl (C=O) groups is 3. The predicted octanol–water partition coefficient (Wildman–Crippen LogP) is 2.15. The van der Waals surface area contributed by atoms with Gasteiger partial charge >= 0.3 is 5.97 Å². The van der Waals surface area contributed by atoms with Gasteiger partial charge in [-0.05, 0) is 24.6 Å². The van der Waals surface area contributed by atoms with Crippen LogP contribution >= 0.6 is 11.8 Å². The Kier molecular flexibility index (Phi) is 8.08. The molecule has 0 aliphatic carbocycles. The quantitative estimate of drug-likeness (QED) is 0.498. The molecule has 2 N–H and O–H groups in total. The molecule has 1 aliphatic rings. The van der Waals surface area contributed by atoms with Gasteiger partial charge in [0.15, 0.2) is 6.10 Å². The molecule has 2 aromatic carbocycles. The molecule has 1 unspecified atom stereocenters. The minimum Gasteiger partial charge on any atom is -0.449 e. The highest BCUT2D eigenvalue weighted by Gasteiger charge is 2.28. The van der Waals surface area contributed by atoms with Crippen LogP contribution in [-0.4, -0.2) is 65.6 Å². The number of hydrogen-bond donors (Lipinski definition) is 1. The molecule has 2 amide bonds. The zero-order chi connectivity index (χ0) is 22.2. The third-order valence-electron chi connectivity index (χ3n) is 5.04. The van der Waals surface area contributed by atoms with Crippen molar-refractivity contribution < 1.29 is 19.1 Å². The van der Waals surface area contributed by atoms with Crippen molar-refractivity contribution in [2.24, 2.45) is 5.73 Å². The molecule has 3 rings (SSSR count). The first-order valence-corrected chi connectivity index (χ1v) is 11.2. The van der Waals surface area contributed by atoms with E-state index in [0.717, 1.165) is 19.6 Å². The van der Waals surface area contributed by atoms with Crippen LogP contribution in [-0.2, 0) is 20.9 Å². The predicted molar refractivity (Wildman–Crippen MR) is 120 cm³/mol. The van der Waals surface area contributed by atoms with Gasteiger partial charge in [-0.15, -0.1) is 11.8 Å². The molecule has 164 valence electrons. The van der Waals surface area contributed by atoms with E-state index < -0.39 is 18.0 Å². The van der Waals surface area contributed by atoms with Crippen LogP contribution in [0.1, 0.15) is 22.8 Å². The standard InChI is InChI=1S/C23H27N3O4S/c1-17(30-23(29)19-9-5-6-10-20(19)31-16-21(24)27)22(28)26-13-11-25(12-14-26)15-18-7-3-2-4-8-18/h2-10,17H,11-16H2,1H3,(H2,24,27). The maximum absolute atomic E-state index is 12.8. The van der Waals surface area contributed by atoms with Crippen molar-refractivity contribution in [1.82, 2.24) is 9.80 Å². The molecule has 2 aromatic rings. The summed E-state index contributed by atoms with van der Waals surface area (Å²) in [6.07, 6.45) is -0.887. The Morgan fingerprint density at radius 2 is 1.65 bits per heavy atom. The zero-order valence-corrected chi connectivity index (χ0v) is 18.3. The number of amides is 2. The number of hydrogen-bond acceptors (Lipinski definition) is 6. The molecule has 1 fully saturated rings. The minimum atomic E-state index is -0.887. The normalized spacial score (nSPS) is 15.3. The molecule has 1 heterocycles. The fraction of sp³-hybridized carbons (Fsp3) is 0.348. The van der Waals surface area contributed by atoms with Crippen LogP contribution in [0.5, 0.6) is 0 Å². The first-order valence-electron chi connectivity index (χ1n) is 10.2. The van der Waals surface area contributed by atoms with Gasteiger partial charge in [-0.25, -0.2) is 4.79 Å². The van der Waals surface area contributed by atoms with E-state index in [1.165, 1.54) is 17.3 Å². The van der Waals surface area contributed by atoms with Gasteiger partial charge < -0.3 is 15.4 Å². The van der Waals surface area contributed by atoms with Gasteiger partial charge in [-0.1, -0.05) is 42.5 Å². The molecule has 0 saturated carbocycles. The van der Waals surface area contributed by atoms with Gasteiger partial charge in [0.25, 0.3) is 5.91 Å². The summed E-state index contributed by atoms with van der Waals surface area (Å²) in [6.45, 7) is 5.18. The molecule has 0 radical (unpaired) electrons. The summed E-state index contributed by atoms with van der Waals surface area (Å²) in [4.78, 5) is 41.1. The number of carbonyl (C=O) groups excluding carboxylic acids is 3. The fourth-order valence-electron chi connectivity index (χ4n) is 3.41. The van der Waals surface area contributed by atoms with Crippen molar-refractivity contribution in [3.05, 3.63) is 65.7 Å². The Balaban J connectivity index is 1.52. The second-order valence-corrected chi connectivity index (χ2v) is 8.40. The lowest BCUT2D eigenvalue weighted by molar-refractivity contribution is -0.141. The molecular formula is C23H27N3O4S. The fourth-order valence-corrected chi connectivity index (χ4v) is 4.19. The van der Waals surface area contributed by atoms with Crippen molar-refractivity contribution >= 4 is 29.5 Å². The topological polar surface area (TPSA) is 92.9 Å². The van der Waals surface area contributed by atoms with E-state index in [-0.39, 0.29) is 11.7 Å². The monoisotopic (exact) mass is 441 g/mol. The van der Waals surface area contributed by atoms with Crippen molar-refractivity contribution in [3.63, 3.8) is 0 Å². The zero-order valence-electron chi connectivity index (χ0n) is 17.5. The highest BCUT2D eigenvalue weighted by atomic mass is 32.2. The second kappa shape index (κ2) is 11.0. The number of nitrogens with zero attached hydrogens (tertiary/aromatic N) is 2. The van der Waals surface area contributed by atoms with E-state index in [4.69, 9.17) is 10.5 Å². The summed E-state index contributed by atoms with van der Waals surface area (Å²) in [5.74, 6) is -1.19. The van der Waals surface area contributed by atoms with Crippen LogP contribution in [0.2, 0.25) is 0 Å². The molecule has 31 heavy (non-hydrogen) atoms. The van der Waals surface area contributed by atoms with E-state index in [2.05, 4.69) is 17.0 Å². The van der Waals surface area contributed by atoms with E-state index in [0.29, 0.717) is 23.5 Å². The van der Waals surface area contributed by atoms with Gasteiger partial charge in [-0.3, -0.25) is 14.5 Å². The van der Waals surface area contributed by atoms with Crippen molar-refractivity contribution in [2.75, 3.05) is 31.9 Å². The maximum atomic E-state index is 12.8. The molecule has 0 aromatic heterocycles. The lowest BCUT2D eigenvalue weighted by Crippen LogP contribution is -2.51. The van der Waals surface area contributed by atoms with E-state index in [1.807, 2.05) is 18.2 Å². The lowest BCUT2D eigenvalue weighted by atomic mass is 10.2. The van der Waals surface area contributed by atoms with E-state index in [1.54, 1.807) is 36.1 Å². The Bertz CT molecular complexity index is 914. The van der Waals surface area contributed by atoms with Crippen molar-refractivity contribution in [3.8, 4) is 0 Å². The third-order valence-corrected chi connectivity index (χ3v) is 6.14. The number of benzene rings is 2. The molecule has 0 bridgehead atoms. The summed E-state index contributed by atoms with van der Waals surface area (Å²) in [6, 6.07) is 17.1. The summed E-state index contributed by atoms with van der Waals surface area (Å²) in [5.41, 5.74) is 6.76. The second-order valence-electron chi connectivity index (χ2n) is 7.39. The average Bonchev–Trinajstić information content (AvgIpc) is 2.78. The smallest absolute Gasteiger partial charge is 0.340 e. The largest absolute Gasteiger partial charge is 0.449 e. The number of primary amides is 1. The van der Waals surface area contributed by atoms with Crippen LogP contribution in [0.25, 0.3) is 0 Å². The molecule has 1 saturated heterocycles. The summed E-state index contributed by atoms with van der Waals surface area (Å²) >= 11 is 1.17. The first kappa shape index (κ1) is 22.8. The Morgan fingerprint density at radius 3 is 2.32 bits per heavy atom. The number of piperazine rings is 1. The highest BCUT2D eigenvalue weighted by molar-refractivity contribution is 8.00. The summed E-state index contributed by atoms with van der Waals surface area (Å²) in [7, 11) is 0. The molecular weight excluding hydrogens is 414 g/mol. The Labute approximate surface area is 186 Å².